The van der Waals surface area contributed by atoms with Crippen LogP contribution in [-0.2, 0) is 20.3 Å². The van der Waals surface area contributed by atoms with Crippen molar-refractivity contribution in [2.75, 3.05) is 19.5 Å². The molecule has 0 atom stereocenters. The topological polar surface area (TPSA) is 60.4 Å². The van der Waals surface area contributed by atoms with E-state index in [2.05, 4.69) is 0 Å². The molecule has 6 heteroatoms. The summed E-state index contributed by atoms with van der Waals surface area (Å²) in [6.45, 7) is -0.485. The van der Waals surface area contributed by atoms with Gasteiger partial charge < -0.3 is 4.74 Å². The maximum atomic E-state index is 11.8. The number of esters is 1. The largest absolute Gasteiger partial charge is 0.462 e. The van der Waals surface area contributed by atoms with Gasteiger partial charge in [0.25, 0.3) is 0 Å². The van der Waals surface area contributed by atoms with Crippen molar-refractivity contribution in [1.82, 2.24) is 0 Å². The number of ether oxygens (including phenoxy) is 1. The molecule has 0 heterocycles. The van der Waals surface area contributed by atoms with Crippen LogP contribution < -0.4 is 0 Å². The van der Waals surface area contributed by atoms with Crippen molar-refractivity contribution in [2.45, 2.75) is 12.2 Å². The van der Waals surface area contributed by atoms with Gasteiger partial charge in [0, 0.05) is 12.7 Å². The molecule has 0 N–H and O–H groups in total. The SMILES string of the molecule is CS(=O)(=O)Cc1ccc(C(=O)OCCCF)cc1. The van der Waals surface area contributed by atoms with Crippen LogP contribution in [0.2, 0.25) is 0 Å². The number of carbonyl (C=O) groups excluding carboxylic acids is 1. The Morgan fingerprint density at radius 3 is 2.39 bits per heavy atom. The minimum Gasteiger partial charge on any atom is -0.462 e. The second-order valence-electron chi connectivity index (χ2n) is 3.95. The van der Waals surface area contributed by atoms with Gasteiger partial charge >= 0.3 is 5.97 Å². The van der Waals surface area contributed by atoms with Crippen molar-refractivity contribution in [1.29, 1.82) is 0 Å². The number of carbonyl (C=O) groups is 1. The third-order valence-corrected chi connectivity index (χ3v) is 2.99. The fraction of sp³-hybridized carbons (Fsp3) is 0.417. The van der Waals surface area contributed by atoms with Crippen LogP contribution >= 0.6 is 0 Å². The number of rotatable bonds is 6. The highest BCUT2D eigenvalue weighted by atomic mass is 32.2. The Morgan fingerprint density at radius 2 is 1.89 bits per heavy atom. The molecular weight excluding hydrogens is 259 g/mol. The molecule has 18 heavy (non-hydrogen) atoms. The smallest absolute Gasteiger partial charge is 0.338 e. The second-order valence-corrected chi connectivity index (χ2v) is 6.09. The first-order valence-corrected chi connectivity index (χ1v) is 7.48. The molecule has 0 aliphatic heterocycles. The molecule has 1 aromatic rings. The summed E-state index contributed by atoms with van der Waals surface area (Å²) in [5, 5.41) is 0. The van der Waals surface area contributed by atoms with Gasteiger partial charge in [0.2, 0.25) is 0 Å². The molecule has 4 nitrogen and oxygen atoms in total. The Labute approximate surface area is 106 Å². The summed E-state index contributed by atoms with van der Waals surface area (Å²) in [6, 6.07) is 6.12. The zero-order chi connectivity index (χ0) is 13.6. The molecule has 1 rings (SSSR count). The van der Waals surface area contributed by atoms with E-state index < -0.39 is 22.5 Å². The summed E-state index contributed by atoms with van der Waals surface area (Å²) < 4.78 is 38.8. The molecule has 0 aromatic heterocycles. The molecule has 0 saturated heterocycles. The Kier molecular flexibility index (Phi) is 5.27. The van der Waals surface area contributed by atoms with Crippen LogP contribution in [-0.4, -0.2) is 33.9 Å². The van der Waals surface area contributed by atoms with Gasteiger partial charge in [-0.25, -0.2) is 13.2 Å². The third-order valence-electron chi connectivity index (χ3n) is 2.13. The predicted molar refractivity (Wildman–Crippen MR) is 65.9 cm³/mol. The van der Waals surface area contributed by atoms with Gasteiger partial charge in [-0.3, -0.25) is 4.39 Å². The lowest BCUT2D eigenvalue weighted by Crippen LogP contribution is -2.07. The fourth-order valence-electron chi connectivity index (χ4n) is 1.34. The van der Waals surface area contributed by atoms with Crippen LogP contribution in [0.15, 0.2) is 24.3 Å². The van der Waals surface area contributed by atoms with Crippen LogP contribution in [0.1, 0.15) is 22.3 Å². The van der Waals surface area contributed by atoms with Gasteiger partial charge in [0.1, 0.15) is 0 Å². The lowest BCUT2D eigenvalue weighted by atomic mass is 10.1. The predicted octanol–water partition coefficient (Wildman–Crippen LogP) is 1.75. The summed E-state index contributed by atoms with van der Waals surface area (Å²) in [4.78, 5) is 11.5. The normalized spacial score (nSPS) is 11.2. The molecule has 0 aliphatic rings. The lowest BCUT2D eigenvalue weighted by molar-refractivity contribution is 0.0494. The van der Waals surface area contributed by atoms with Crippen LogP contribution in [0.4, 0.5) is 4.39 Å². The molecule has 0 spiro atoms. The molecule has 100 valence electrons. The van der Waals surface area contributed by atoms with Gasteiger partial charge in [-0.2, -0.15) is 0 Å². The zero-order valence-electron chi connectivity index (χ0n) is 10.1. The first-order valence-electron chi connectivity index (χ1n) is 5.42. The minimum atomic E-state index is -3.09. The molecule has 0 fully saturated rings. The second kappa shape index (κ2) is 6.49. The van der Waals surface area contributed by atoms with E-state index in [1.807, 2.05) is 0 Å². The molecule has 0 bridgehead atoms. The van der Waals surface area contributed by atoms with E-state index in [1.54, 1.807) is 12.1 Å². The molecule has 0 radical (unpaired) electrons. The summed E-state index contributed by atoms with van der Waals surface area (Å²) >= 11 is 0. The molecule has 0 saturated carbocycles. The van der Waals surface area contributed by atoms with Crippen LogP contribution in [0, 0.1) is 0 Å². The molecule has 0 amide bonds. The van der Waals surface area contributed by atoms with E-state index in [9.17, 15) is 17.6 Å². The highest BCUT2D eigenvalue weighted by Gasteiger charge is 2.08. The first kappa shape index (κ1) is 14.6. The van der Waals surface area contributed by atoms with E-state index in [1.165, 1.54) is 12.1 Å². The van der Waals surface area contributed by atoms with Crippen LogP contribution in [0.3, 0.4) is 0 Å². The molecule has 1 aromatic carbocycles. The number of benzene rings is 1. The molecular formula is C12H15FO4S. The third kappa shape index (κ3) is 5.27. The molecule has 0 aliphatic carbocycles. The quantitative estimate of drug-likeness (QED) is 0.585. The highest BCUT2D eigenvalue weighted by Crippen LogP contribution is 2.09. The Morgan fingerprint density at radius 1 is 1.28 bits per heavy atom. The number of sulfone groups is 1. The standard InChI is InChI=1S/C12H15FO4S/c1-18(15,16)9-10-3-5-11(6-4-10)12(14)17-8-2-7-13/h3-6H,2,7-9H2,1H3. The van der Waals surface area contributed by atoms with Crippen molar-refractivity contribution >= 4 is 15.8 Å². The van der Waals surface area contributed by atoms with Crippen molar-refractivity contribution in [3.05, 3.63) is 35.4 Å². The zero-order valence-corrected chi connectivity index (χ0v) is 10.9. The Hall–Kier alpha value is -1.43. The average Bonchev–Trinajstić information content (AvgIpc) is 2.28. The van der Waals surface area contributed by atoms with Gasteiger partial charge in [-0.1, -0.05) is 12.1 Å². The average molecular weight is 274 g/mol. The first-order chi connectivity index (χ1) is 8.42. The Balaban J connectivity index is 2.62. The Bertz CT molecular complexity index is 493. The van der Waals surface area contributed by atoms with Crippen molar-refractivity contribution in [2.24, 2.45) is 0 Å². The monoisotopic (exact) mass is 274 g/mol. The lowest BCUT2D eigenvalue weighted by Gasteiger charge is -2.04. The van der Waals surface area contributed by atoms with E-state index in [-0.39, 0.29) is 18.8 Å². The maximum Gasteiger partial charge on any atom is 0.338 e. The van der Waals surface area contributed by atoms with E-state index in [4.69, 9.17) is 4.74 Å². The van der Waals surface area contributed by atoms with Gasteiger partial charge in [-0.05, 0) is 17.7 Å². The van der Waals surface area contributed by atoms with E-state index in [0.717, 1.165) is 6.26 Å². The highest BCUT2D eigenvalue weighted by molar-refractivity contribution is 7.89. The van der Waals surface area contributed by atoms with Crippen molar-refractivity contribution < 1.29 is 22.3 Å². The molecule has 0 unspecified atom stereocenters. The van der Waals surface area contributed by atoms with E-state index >= 15 is 0 Å². The van der Waals surface area contributed by atoms with Crippen molar-refractivity contribution in [3.63, 3.8) is 0 Å². The van der Waals surface area contributed by atoms with Gasteiger partial charge in [-0.15, -0.1) is 0 Å². The number of hydrogen-bond acceptors (Lipinski definition) is 4. The summed E-state index contributed by atoms with van der Waals surface area (Å²) in [5.41, 5.74) is 0.934. The minimum absolute atomic E-state index is 0.0421. The summed E-state index contributed by atoms with van der Waals surface area (Å²) in [6.07, 6.45) is 1.32. The number of alkyl halides is 1. The van der Waals surface area contributed by atoms with Crippen LogP contribution in [0.25, 0.3) is 0 Å². The maximum absolute atomic E-state index is 11.8. The summed E-state index contributed by atoms with van der Waals surface area (Å²) in [7, 11) is -3.09. The van der Waals surface area contributed by atoms with Gasteiger partial charge in [0.05, 0.1) is 24.6 Å². The van der Waals surface area contributed by atoms with Crippen molar-refractivity contribution in [3.8, 4) is 0 Å². The summed E-state index contributed by atoms with van der Waals surface area (Å²) in [5.74, 6) is -0.598. The fourth-order valence-corrected chi connectivity index (χ4v) is 2.14. The van der Waals surface area contributed by atoms with Gasteiger partial charge in [0.15, 0.2) is 9.84 Å². The number of halogens is 1. The van der Waals surface area contributed by atoms with E-state index in [0.29, 0.717) is 11.1 Å². The number of hydrogen-bond donors (Lipinski definition) is 0. The van der Waals surface area contributed by atoms with Crippen LogP contribution in [0.5, 0.6) is 0 Å².